The summed E-state index contributed by atoms with van der Waals surface area (Å²) in [5.74, 6) is -0.539. The summed E-state index contributed by atoms with van der Waals surface area (Å²) < 4.78 is 123. The Morgan fingerprint density at radius 3 is 2.10 bits per heavy atom. The Balaban J connectivity index is 0.000000226. The number of aromatic nitrogens is 2. The van der Waals surface area contributed by atoms with Crippen molar-refractivity contribution < 1.29 is 52.2 Å². The minimum Gasteiger partial charge on any atom is -0.376 e. The molecule has 1 unspecified atom stereocenters. The number of alkyl halides is 6. The van der Waals surface area contributed by atoms with Gasteiger partial charge in [-0.25, -0.2) is 0 Å². The van der Waals surface area contributed by atoms with E-state index in [1.54, 1.807) is 11.8 Å². The third-order valence-corrected chi connectivity index (χ3v) is 9.13. The summed E-state index contributed by atoms with van der Waals surface area (Å²) in [6.07, 6.45) is 3.82. The van der Waals surface area contributed by atoms with E-state index in [1.807, 2.05) is 0 Å². The lowest BCUT2D eigenvalue weighted by molar-refractivity contribution is -0.129. The number of benzene rings is 1. The average molecular weight is 660 g/mol. The van der Waals surface area contributed by atoms with Crippen LogP contribution in [0.15, 0.2) is 18.3 Å². The van der Waals surface area contributed by atoms with E-state index in [-0.39, 0.29) is 38.2 Å². The number of carbonyl (C=O) groups excluding carboxylic acids is 1. The molecule has 4 rings (SSSR count). The van der Waals surface area contributed by atoms with Crippen LogP contribution in [0.25, 0.3) is 0 Å². The molecule has 19 heteroatoms. The molecule has 1 amide bonds. The summed E-state index contributed by atoms with van der Waals surface area (Å²) in [5.41, 5.74) is -9.86. The Morgan fingerprint density at radius 2 is 1.62 bits per heavy atom. The van der Waals surface area contributed by atoms with Crippen molar-refractivity contribution in [2.24, 2.45) is 0 Å². The number of likely N-dealkylation sites (tertiary alicyclic amines) is 1. The highest BCUT2D eigenvalue weighted by Crippen LogP contribution is 2.34. The Kier molecular flexibility index (Phi) is 9.33. The van der Waals surface area contributed by atoms with Crippen molar-refractivity contribution >= 4 is 49.3 Å². The molecule has 1 atom stereocenters. The minimum atomic E-state index is -5.72. The third kappa shape index (κ3) is 6.62. The molecule has 1 aromatic carbocycles. The number of amides is 1. The fourth-order valence-corrected chi connectivity index (χ4v) is 6.29. The van der Waals surface area contributed by atoms with Crippen LogP contribution in [0.5, 0.6) is 5.75 Å². The Labute approximate surface area is 235 Å². The largest absolute Gasteiger partial charge is 0.534 e. The second-order valence-electron chi connectivity index (χ2n) is 8.70. The van der Waals surface area contributed by atoms with Gasteiger partial charge in [-0.2, -0.15) is 52.4 Å². The average Bonchev–Trinajstić information content (AvgIpc) is 3.43. The first kappa shape index (κ1) is 32.3. The molecule has 40 heavy (non-hydrogen) atoms. The van der Waals surface area contributed by atoms with Crippen molar-refractivity contribution in [3.8, 4) is 5.75 Å². The first-order valence-corrected chi connectivity index (χ1v) is 15.1. The number of fused-ring (bicyclic) bond motifs is 1. The normalized spacial score (nSPS) is 18.3. The number of nitrogens with zero attached hydrogens (tertiary/aromatic N) is 3. The summed E-state index contributed by atoms with van der Waals surface area (Å²) in [6, 6.07) is 1.85. The molecule has 0 radical (unpaired) electrons. The molecule has 2 aliphatic rings. The number of rotatable bonds is 5. The molecule has 1 fully saturated rings. The molecule has 2 aromatic rings. The van der Waals surface area contributed by atoms with Gasteiger partial charge in [-0.15, -0.1) is 0 Å². The van der Waals surface area contributed by atoms with E-state index in [0.717, 1.165) is 24.8 Å². The Hall–Kier alpha value is -2.24. The fourth-order valence-electron chi connectivity index (χ4n) is 4.24. The van der Waals surface area contributed by atoms with Gasteiger partial charge in [0.15, 0.2) is 0 Å². The van der Waals surface area contributed by atoms with E-state index in [0.29, 0.717) is 43.4 Å². The second kappa shape index (κ2) is 11.6. The summed E-state index contributed by atoms with van der Waals surface area (Å²) >= 11 is 11.5. The lowest BCUT2D eigenvalue weighted by Crippen LogP contribution is -2.40. The van der Waals surface area contributed by atoms with Crippen molar-refractivity contribution in [2.75, 3.05) is 6.54 Å². The minimum absolute atomic E-state index is 0.0392. The van der Waals surface area contributed by atoms with Crippen LogP contribution in [0.2, 0.25) is 10.0 Å². The Bertz CT molecular complexity index is 1470. The van der Waals surface area contributed by atoms with Crippen molar-refractivity contribution in [1.82, 2.24) is 14.1 Å². The lowest BCUT2D eigenvalue weighted by atomic mass is 9.92. The number of hydrogen-bond acceptors (Lipinski definition) is 7. The van der Waals surface area contributed by atoms with Crippen molar-refractivity contribution in [3.63, 3.8) is 0 Å². The highest BCUT2D eigenvalue weighted by Gasteiger charge is 2.50. The molecular formula is C21H21Cl2F6N3O6S2. The maximum atomic E-state index is 12.6. The Morgan fingerprint density at radius 1 is 1.02 bits per heavy atom. The number of halogens is 8. The molecule has 0 N–H and O–H groups in total. The fraction of sp³-hybridized carbons (Fsp3) is 0.524. The van der Waals surface area contributed by atoms with Gasteiger partial charge >= 0.3 is 31.2 Å². The highest BCUT2D eigenvalue weighted by molar-refractivity contribution is 7.90. The van der Waals surface area contributed by atoms with Gasteiger partial charge in [0.2, 0.25) is 5.91 Å². The number of hydrogen-bond donors (Lipinski definition) is 0. The molecule has 0 saturated carbocycles. The zero-order valence-corrected chi connectivity index (χ0v) is 23.5. The van der Waals surface area contributed by atoms with Crippen LogP contribution < -0.4 is 4.18 Å². The van der Waals surface area contributed by atoms with E-state index in [9.17, 15) is 48.0 Å². The zero-order valence-electron chi connectivity index (χ0n) is 20.4. The van der Waals surface area contributed by atoms with Gasteiger partial charge in [-0.3, -0.25) is 4.79 Å². The smallest absolute Gasteiger partial charge is 0.376 e. The van der Waals surface area contributed by atoms with E-state index < -0.39 is 36.9 Å². The third-order valence-electron chi connectivity index (χ3n) is 6.12. The van der Waals surface area contributed by atoms with E-state index in [2.05, 4.69) is 9.28 Å². The monoisotopic (exact) mass is 659 g/mol. The van der Waals surface area contributed by atoms with Gasteiger partial charge in [0.25, 0.3) is 0 Å². The van der Waals surface area contributed by atoms with Crippen LogP contribution in [-0.4, -0.2) is 60.4 Å². The number of carbonyl (C=O) groups is 1. The topological polar surface area (TPSA) is 116 Å². The summed E-state index contributed by atoms with van der Waals surface area (Å²) in [7, 11) is -11.2. The summed E-state index contributed by atoms with van der Waals surface area (Å²) in [6.45, 7) is 2.38. The van der Waals surface area contributed by atoms with Crippen LogP contribution in [0.4, 0.5) is 26.3 Å². The predicted octanol–water partition coefficient (Wildman–Crippen LogP) is 4.84. The molecule has 2 heterocycles. The maximum Gasteiger partial charge on any atom is 0.534 e. The van der Waals surface area contributed by atoms with E-state index in [1.165, 1.54) is 0 Å². The van der Waals surface area contributed by atoms with Crippen LogP contribution in [-0.2, 0) is 44.2 Å². The lowest BCUT2D eigenvalue weighted by Gasteiger charge is -2.31. The standard InChI is InChI=1S/C12H14F3N3O3S.C9H7Cl2F3O3S/c13-12(14,15)22(20,21)18-10-4-3-9(6-8(10)7-16-18)17-5-1-2-11(17)19;1-2-6-7(10)3-5(4-8(6)11)17-18(15,16)9(12,13)14/h7,9H,1-6H2;3-4H,2H2,1H3. The summed E-state index contributed by atoms with van der Waals surface area (Å²) in [4.78, 5) is 13.5. The van der Waals surface area contributed by atoms with E-state index in [4.69, 9.17) is 23.2 Å². The first-order valence-electron chi connectivity index (χ1n) is 11.5. The molecule has 9 nitrogen and oxygen atoms in total. The quantitative estimate of drug-likeness (QED) is 0.256. The second-order valence-corrected chi connectivity index (χ2v) is 12.8. The van der Waals surface area contributed by atoms with Crippen LogP contribution in [0.1, 0.15) is 43.0 Å². The molecule has 1 aliphatic heterocycles. The van der Waals surface area contributed by atoms with Gasteiger partial charge in [0, 0.05) is 41.2 Å². The molecule has 1 aliphatic carbocycles. The zero-order chi connectivity index (χ0) is 30.3. The SMILES string of the molecule is CCc1c(Cl)cc(OS(=O)(=O)C(F)(F)F)cc1Cl.O=C1CCCN1C1CCc2c(cnn2S(=O)(=O)C(F)(F)F)C1. The van der Waals surface area contributed by atoms with Gasteiger partial charge in [0.1, 0.15) is 5.75 Å². The van der Waals surface area contributed by atoms with Crippen molar-refractivity contribution in [3.05, 3.63) is 45.2 Å². The van der Waals surface area contributed by atoms with Gasteiger partial charge < -0.3 is 9.08 Å². The van der Waals surface area contributed by atoms with Crippen LogP contribution in [0.3, 0.4) is 0 Å². The maximum absolute atomic E-state index is 12.6. The van der Waals surface area contributed by atoms with Crippen molar-refractivity contribution in [2.45, 2.75) is 62.5 Å². The molecule has 1 saturated heterocycles. The van der Waals surface area contributed by atoms with Gasteiger partial charge in [-0.1, -0.05) is 30.1 Å². The van der Waals surface area contributed by atoms with Gasteiger partial charge in [0.05, 0.1) is 11.9 Å². The molecule has 0 spiro atoms. The van der Waals surface area contributed by atoms with Crippen LogP contribution in [0, 0.1) is 0 Å². The predicted molar refractivity (Wildman–Crippen MR) is 131 cm³/mol. The molecule has 0 bridgehead atoms. The first-order chi connectivity index (χ1) is 18.3. The van der Waals surface area contributed by atoms with E-state index >= 15 is 0 Å². The summed E-state index contributed by atoms with van der Waals surface area (Å²) in [5, 5.41) is 3.50. The van der Waals surface area contributed by atoms with Crippen molar-refractivity contribution in [1.29, 1.82) is 0 Å². The molecule has 1 aromatic heterocycles. The highest BCUT2D eigenvalue weighted by atomic mass is 35.5. The van der Waals surface area contributed by atoms with Crippen LogP contribution >= 0.6 is 23.2 Å². The molecule has 224 valence electrons. The van der Waals surface area contributed by atoms with Gasteiger partial charge in [-0.05, 0) is 43.2 Å². The molecular weight excluding hydrogens is 639 g/mol.